The third kappa shape index (κ3) is 4.11. The Morgan fingerprint density at radius 2 is 1.92 bits per heavy atom. The van der Waals surface area contributed by atoms with Crippen molar-refractivity contribution in [3.05, 3.63) is 95.3 Å². The quantitative estimate of drug-likeness (QED) is 0.323. The fourth-order valence-corrected chi connectivity index (χ4v) is 4.65. The summed E-state index contributed by atoms with van der Waals surface area (Å²) in [4.78, 5) is 31.3. The van der Waals surface area contributed by atoms with Gasteiger partial charge in [0.25, 0.3) is 5.91 Å². The molecule has 2 aromatic heterocycles. The Labute approximate surface area is 207 Å². The average molecular weight is 487 g/mol. The van der Waals surface area contributed by atoms with Crippen molar-refractivity contribution in [1.29, 1.82) is 0 Å². The lowest BCUT2D eigenvalue weighted by molar-refractivity contribution is -0.129. The summed E-state index contributed by atoms with van der Waals surface area (Å²) in [5.74, 6) is -0.206. The Morgan fingerprint density at radius 3 is 2.61 bits per heavy atom. The molecule has 8 nitrogen and oxygen atoms in total. The van der Waals surface area contributed by atoms with Crippen molar-refractivity contribution in [3.63, 3.8) is 0 Å². The molecule has 0 saturated carbocycles. The number of nitrogens with one attached hydrogen (secondary N) is 1. The summed E-state index contributed by atoms with van der Waals surface area (Å²) in [6.07, 6.45) is 3.79. The number of H-pyrrole nitrogens is 1. The van der Waals surface area contributed by atoms with Crippen LogP contribution in [0.1, 0.15) is 34.6 Å². The molecule has 1 atom stereocenters. The highest BCUT2D eigenvalue weighted by Crippen LogP contribution is 2.40. The van der Waals surface area contributed by atoms with E-state index in [-0.39, 0.29) is 17.9 Å². The molecule has 4 aromatic rings. The number of hydrogen-bond acceptors (Lipinski definition) is 6. The van der Waals surface area contributed by atoms with Crippen molar-refractivity contribution >= 4 is 22.6 Å². The molecule has 2 aromatic carbocycles. The number of aliphatic hydroxyl groups is 1. The van der Waals surface area contributed by atoms with Gasteiger partial charge in [0.2, 0.25) is 5.78 Å². The molecule has 0 saturated heterocycles. The van der Waals surface area contributed by atoms with E-state index in [4.69, 9.17) is 13.9 Å². The second-order valence-corrected chi connectivity index (χ2v) is 8.45. The zero-order chi connectivity index (χ0) is 25.2. The number of nitrogens with zero attached hydrogens (tertiary/aromatic N) is 1. The zero-order valence-electron chi connectivity index (χ0n) is 20.0. The first-order valence-electron chi connectivity index (χ1n) is 11.7. The Balaban J connectivity index is 1.49. The van der Waals surface area contributed by atoms with Crippen LogP contribution in [0.2, 0.25) is 0 Å². The molecule has 0 fully saturated rings. The second kappa shape index (κ2) is 9.65. The van der Waals surface area contributed by atoms with Crippen LogP contribution in [-0.4, -0.2) is 46.9 Å². The fourth-order valence-electron chi connectivity index (χ4n) is 4.65. The van der Waals surface area contributed by atoms with Crippen molar-refractivity contribution in [1.82, 2.24) is 9.88 Å². The van der Waals surface area contributed by atoms with Gasteiger partial charge < -0.3 is 28.9 Å². The summed E-state index contributed by atoms with van der Waals surface area (Å²) in [5, 5.41) is 11.8. The number of methoxy groups -OCH3 is 1. The van der Waals surface area contributed by atoms with Gasteiger partial charge >= 0.3 is 0 Å². The molecule has 1 aliphatic heterocycles. The standard InChI is InChI=1S/C28H26N2O6/c1-3-35-19-8-6-17(7-9-19)25-24(26(31)23-5-4-14-36-23)27(32)28(33)30(25)13-12-18-16-29-22-11-10-20(34-2)15-21(18)22/h4-11,14-16,25,29,32H,3,12-13H2,1-2H3. The highest BCUT2D eigenvalue weighted by molar-refractivity contribution is 6.15. The first kappa shape index (κ1) is 23.3. The number of ketones is 1. The minimum absolute atomic E-state index is 0.000272. The maximum Gasteiger partial charge on any atom is 0.290 e. The predicted octanol–water partition coefficient (Wildman–Crippen LogP) is 4.99. The van der Waals surface area contributed by atoms with Gasteiger partial charge in [-0.25, -0.2) is 0 Å². The Bertz CT molecular complexity index is 1430. The van der Waals surface area contributed by atoms with E-state index in [9.17, 15) is 14.7 Å². The SMILES string of the molecule is CCOc1ccc(C2C(C(=O)c3ccco3)=C(O)C(=O)N2CCc2c[nH]c3ccc(OC)cc23)cc1. The van der Waals surface area contributed by atoms with Crippen LogP contribution in [0.5, 0.6) is 11.5 Å². The number of carbonyl (C=O) groups is 2. The normalized spacial score (nSPS) is 15.7. The lowest BCUT2D eigenvalue weighted by Crippen LogP contribution is -2.33. The van der Waals surface area contributed by atoms with Crippen molar-refractivity contribution in [2.45, 2.75) is 19.4 Å². The fraction of sp³-hybridized carbons (Fsp3) is 0.214. The molecule has 0 spiro atoms. The largest absolute Gasteiger partial charge is 0.503 e. The van der Waals surface area contributed by atoms with Crippen LogP contribution in [0.15, 0.2) is 82.8 Å². The minimum atomic E-state index is -0.773. The monoisotopic (exact) mass is 486 g/mol. The van der Waals surface area contributed by atoms with Gasteiger partial charge in [-0.1, -0.05) is 12.1 Å². The Hall–Kier alpha value is -4.46. The molecule has 5 rings (SSSR count). The molecule has 0 bridgehead atoms. The van der Waals surface area contributed by atoms with Crippen LogP contribution in [0, 0.1) is 0 Å². The molecule has 36 heavy (non-hydrogen) atoms. The molecule has 184 valence electrons. The first-order chi connectivity index (χ1) is 17.5. The molecular formula is C28H26N2O6. The third-order valence-corrected chi connectivity index (χ3v) is 6.40. The van der Waals surface area contributed by atoms with E-state index >= 15 is 0 Å². The van der Waals surface area contributed by atoms with E-state index in [1.54, 1.807) is 37.4 Å². The molecule has 3 heterocycles. The zero-order valence-corrected chi connectivity index (χ0v) is 20.0. The first-order valence-corrected chi connectivity index (χ1v) is 11.7. The van der Waals surface area contributed by atoms with Crippen LogP contribution in [0.3, 0.4) is 0 Å². The summed E-state index contributed by atoms with van der Waals surface area (Å²) in [6.45, 7) is 2.69. The number of fused-ring (bicyclic) bond motifs is 1. The number of carbonyl (C=O) groups excluding carboxylic acids is 2. The Morgan fingerprint density at radius 1 is 1.14 bits per heavy atom. The minimum Gasteiger partial charge on any atom is -0.503 e. The lowest BCUT2D eigenvalue weighted by Gasteiger charge is -2.27. The summed E-state index contributed by atoms with van der Waals surface area (Å²) in [5.41, 5.74) is 2.63. The predicted molar refractivity (Wildman–Crippen MR) is 133 cm³/mol. The summed E-state index contributed by atoms with van der Waals surface area (Å²) < 4.78 is 16.2. The number of aliphatic hydroxyl groups excluding tert-OH is 1. The van der Waals surface area contributed by atoms with Crippen molar-refractivity contribution in [3.8, 4) is 11.5 Å². The third-order valence-electron chi connectivity index (χ3n) is 6.40. The summed E-state index contributed by atoms with van der Waals surface area (Å²) in [6, 6.07) is 15.3. The number of aromatic nitrogens is 1. The number of rotatable bonds is 9. The topological polar surface area (TPSA) is 105 Å². The van der Waals surface area contributed by atoms with Gasteiger partial charge in [0.1, 0.15) is 11.5 Å². The van der Waals surface area contributed by atoms with Gasteiger partial charge in [0, 0.05) is 23.6 Å². The van der Waals surface area contributed by atoms with E-state index in [2.05, 4.69) is 4.98 Å². The van der Waals surface area contributed by atoms with Gasteiger partial charge in [-0.05, 0) is 66.9 Å². The van der Waals surface area contributed by atoms with Crippen molar-refractivity contribution < 1.29 is 28.6 Å². The van der Waals surface area contributed by atoms with Gasteiger partial charge in [0.05, 0.1) is 31.6 Å². The number of hydrogen-bond donors (Lipinski definition) is 2. The number of aromatic amines is 1. The summed E-state index contributed by atoms with van der Waals surface area (Å²) in [7, 11) is 1.61. The molecular weight excluding hydrogens is 460 g/mol. The van der Waals surface area contributed by atoms with E-state index in [0.29, 0.717) is 24.3 Å². The molecule has 1 unspecified atom stereocenters. The molecule has 0 aliphatic carbocycles. The van der Waals surface area contributed by atoms with Crippen LogP contribution in [-0.2, 0) is 11.2 Å². The molecule has 8 heteroatoms. The van der Waals surface area contributed by atoms with Gasteiger partial charge in [-0.2, -0.15) is 0 Å². The number of amides is 1. The van der Waals surface area contributed by atoms with Crippen molar-refractivity contribution in [2.75, 3.05) is 20.3 Å². The highest BCUT2D eigenvalue weighted by Gasteiger charge is 2.44. The van der Waals surface area contributed by atoms with Crippen LogP contribution >= 0.6 is 0 Å². The number of benzene rings is 2. The van der Waals surface area contributed by atoms with E-state index in [0.717, 1.165) is 22.2 Å². The molecule has 2 N–H and O–H groups in total. The van der Waals surface area contributed by atoms with Crippen LogP contribution in [0.4, 0.5) is 0 Å². The van der Waals surface area contributed by atoms with Crippen LogP contribution < -0.4 is 9.47 Å². The lowest BCUT2D eigenvalue weighted by atomic mass is 9.95. The van der Waals surface area contributed by atoms with E-state index < -0.39 is 23.5 Å². The van der Waals surface area contributed by atoms with Gasteiger partial charge in [-0.15, -0.1) is 0 Å². The van der Waals surface area contributed by atoms with Gasteiger partial charge in [0.15, 0.2) is 11.5 Å². The van der Waals surface area contributed by atoms with E-state index in [1.807, 2.05) is 31.3 Å². The average Bonchev–Trinajstić information content (AvgIpc) is 3.63. The summed E-state index contributed by atoms with van der Waals surface area (Å²) >= 11 is 0. The Kier molecular flexibility index (Phi) is 6.25. The smallest absolute Gasteiger partial charge is 0.290 e. The van der Waals surface area contributed by atoms with Crippen LogP contribution in [0.25, 0.3) is 10.9 Å². The van der Waals surface area contributed by atoms with Crippen molar-refractivity contribution in [2.24, 2.45) is 0 Å². The maximum atomic E-state index is 13.3. The maximum absolute atomic E-state index is 13.3. The number of ether oxygens (including phenoxy) is 2. The molecule has 1 amide bonds. The number of furan rings is 1. The van der Waals surface area contributed by atoms with E-state index in [1.165, 1.54) is 17.2 Å². The molecule has 1 aliphatic rings. The van der Waals surface area contributed by atoms with Gasteiger partial charge in [-0.3, -0.25) is 9.59 Å². The molecule has 0 radical (unpaired) electrons. The highest BCUT2D eigenvalue weighted by atomic mass is 16.5. The number of Topliss-reactive ketones (excluding diaryl/α,β-unsaturated/α-hetero) is 1. The second-order valence-electron chi connectivity index (χ2n) is 8.45.